The fourth-order valence-corrected chi connectivity index (χ4v) is 4.19. The second-order valence-corrected chi connectivity index (χ2v) is 7.61. The summed E-state index contributed by atoms with van der Waals surface area (Å²) in [6.45, 7) is 5.21. The van der Waals surface area contributed by atoms with E-state index >= 15 is 0 Å². The molecule has 0 radical (unpaired) electrons. The first-order valence-electron chi connectivity index (χ1n) is 9.83. The highest BCUT2D eigenvalue weighted by Crippen LogP contribution is 2.32. The second-order valence-electron chi connectivity index (χ2n) is 7.61. The molecule has 4 rings (SSSR count). The largest absolute Gasteiger partial charge is 0.369 e. The SMILES string of the molecule is CC(C(=O)CN1CCN(c2ccccc2)CC1)N1C(=O)C2C=CC=CC2C1=O. The molecular weight excluding hydrogens is 354 g/mol. The Kier molecular flexibility index (Phi) is 5.13. The molecule has 3 aliphatic rings. The Hall–Kier alpha value is -2.73. The van der Waals surface area contributed by atoms with Gasteiger partial charge in [0.1, 0.15) is 0 Å². The number of imide groups is 1. The van der Waals surface area contributed by atoms with E-state index in [1.807, 2.05) is 18.2 Å². The minimum absolute atomic E-state index is 0.0820. The molecule has 0 saturated carbocycles. The lowest BCUT2D eigenvalue weighted by atomic mass is 9.91. The van der Waals surface area contributed by atoms with Gasteiger partial charge in [0.05, 0.1) is 24.4 Å². The minimum Gasteiger partial charge on any atom is -0.369 e. The van der Waals surface area contributed by atoms with Crippen molar-refractivity contribution in [2.75, 3.05) is 37.6 Å². The van der Waals surface area contributed by atoms with Crippen LogP contribution in [0.4, 0.5) is 5.69 Å². The van der Waals surface area contributed by atoms with E-state index in [0.29, 0.717) is 0 Å². The molecule has 1 aliphatic carbocycles. The molecule has 0 N–H and O–H groups in total. The summed E-state index contributed by atoms with van der Waals surface area (Å²) in [7, 11) is 0. The summed E-state index contributed by atoms with van der Waals surface area (Å²) in [6.07, 6.45) is 7.08. The third-order valence-electron chi connectivity index (χ3n) is 5.91. The number of carbonyl (C=O) groups is 3. The Morgan fingerprint density at radius 2 is 1.54 bits per heavy atom. The summed E-state index contributed by atoms with van der Waals surface area (Å²) in [5, 5.41) is 0. The Balaban J connectivity index is 1.34. The van der Waals surface area contributed by atoms with E-state index < -0.39 is 17.9 Å². The molecule has 1 aromatic rings. The van der Waals surface area contributed by atoms with E-state index in [1.54, 1.807) is 31.2 Å². The van der Waals surface area contributed by atoms with Gasteiger partial charge in [-0.2, -0.15) is 0 Å². The topological polar surface area (TPSA) is 60.9 Å². The van der Waals surface area contributed by atoms with E-state index in [0.717, 1.165) is 26.2 Å². The summed E-state index contributed by atoms with van der Waals surface area (Å²) in [5.41, 5.74) is 1.19. The van der Waals surface area contributed by atoms with Crippen molar-refractivity contribution >= 4 is 23.3 Å². The number of likely N-dealkylation sites (tertiary alicyclic amines) is 1. The molecule has 3 atom stereocenters. The first kappa shape index (κ1) is 18.6. The highest BCUT2D eigenvalue weighted by atomic mass is 16.2. The molecule has 2 amide bonds. The third kappa shape index (κ3) is 3.40. The van der Waals surface area contributed by atoms with Crippen molar-refractivity contribution in [2.24, 2.45) is 11.8 Å². The third-order valence-corrected chi connectivity index (χ3v) is 5.91. The number of benzene rings is 1. The number of hydrogen-bond donors (Lipinski definition) is 0. The van der Waals surface area contributed by atoms with E-state index in [-0.39, 0.29) is 24.1 Å². The molecule has 146 valence electrons. The monoisotopic (exact) mass is 379 g/mol. The number of piperazine rings is 1. The van der Waals surface area contributed by atoms with E-state index in [1.165, 1.54) is 10.6 Å². The minimum atomic E-state index is -0.723. The van der Waals surface area contributed by atoms with Crippen LogP contribution in [0.1, 0.15) is 6.92 Å². The zero-order valence-corrected chi connectivity index (χ0v) is 16.0. The number of Topliss-reactive ketones (excluding diaryl/α,β-unsaturated/α-hetero) is 1. The molecule has 1 aromatic carbocycles. The highest BCUT2D eigenvalue weighted by molar-refractivity contribution is 6.10. The standard InChI is InChI=1S/C22H25N3O3/c1-16(25-21(27)18-9-5-6-10-19(18)22(25)28)20(26)15-23-11-13-24(14-12-23)17-7-3-2-4-8-17/h2-10,16,18-19H,11-15H2,1H3. The van der Waals surface area contributed by atoms with Crippen LogP contribution in [0.15, 0.2) is 54.6 Å². The fraction of sp³-hybridized carbons (Fsp3) is 0.409. The first-order valence-corrected chi connectivity index (χ1v) is 9.83. The smallest absolute Gasteiger partial charge is 0.237 e. The van der Waals surface area contributed by atoms with Crippen LogP contribution in [0.3, 0.4) is 0 Å². The van der Waals surface area contributed by atoms with Crippen molar-refractivity contribution < 1.29 is 14.4 Å². The summed E-state index contributed by atoms with van der Waals surface area (Å²) in [6, 6.07) is 9.52. The van der Waals surface area contributed by atoms with Crippen LogP contribution >= 0.6 is 0 Å². The number of ketones is 1. The van der Waals surface area contributed by atoms with Crippen molar-refractivity contribution in [2.45, 2.75) is 13.0 Å². The van der Waals surface area contributed by atoms with Gasteiger partial charge >= 0.3 is 0 Å². The van der Waals surface area contributed by atoms with Crippen LogP contribution in [0.5, 0.6) is 0 Å². The van der Waals surface area contributed by atoms with E-state index in [2.05, 4.69) is 21.9 Å². The fourth-order valence-electron chi connectivity index (χ4n) is 4.19. The number of para-hydroxylation sites is 1. The van der Waals surface area contributed by atoms with Crippen LogP contribution in [-0.2, 0) is 14.4 Å². The second kappa shape index (κ2) is 7.72. The van der Waals surface area contributed by atoms with Crippen molar-refractivity contribution in [1.82, 2.24) is 9.80 Å². The normalized spacial score (nSPS) is 25.9. The lowest BCUT2D eigenvalue weighted by molar-refractivity contribution is -0.146. The Morgan fingerprint density at radius 3 is 2.11 bits per heavy atom. The van der Waals surface area contributed by atoms with Gasteiger partial charge in [-0.25, -0.2) is 0 Å². The molecule has 2 heterocycles. The molecule has 2 aliphatic heterocycles. The maximum atomic E-state index is 12.8. The number of hydrogen-bond acceptors (Lipinski definition) is 5. The number of rotatable bonds is 5. The number of nitrogens with zero attached hydrogens (tertiary/aromatic N) is 3. The predicted octanol–water partition coefficient (Wildman–Crippen LogP) is 1.49. The molecular formula is C22H25N3O3. The lowest BCUT2D eigenvalue weighted by Crippen LogP contribution is -2.51. The van der Waals surface area contributed by atoms with Gasteiger partial charge in [-0.05, 0) is 19.1 Å². The molecule has 2 saturated heterocycles. The van der Waals surface area contributed by atoms with Crippen molar-refractivity contribution in [3.05, 3.63) is 54.6 Å². The molecule has 0 aromatic heterocycles. The van der Waals surface area contributed by atoms with Gasteiger partial charge in [0.2, 0.25) is 11.8 Å². The Bertz CT molecular complexity index is 795. The maximum Gasteiger partial charge on any atom is 0.237 e. The number of amides is 2. The van der Waals surface area contributed by atoms with Gasteiger partial charge in [0, 0.05) is 31.9 Å². The average molecular weight is 379 g/mol. The first-order chi connectivity index (χ1) is 13.6. The maximum absolute atomic E-state index is 12.8. The molecule has 2 fully saturated rings. The van der Waals surface area contributed by atoms with Crippen LogP contribution in [0.25, 0.3) is 0 Å². The van der Waals surface area contributed by atoms with Crippen LogP contribution in [0, 0.1) is 11.8 Å². The molecule has 28 heavy (non-hydrogen) atoms. The van der Waals surface area contributed by atoms with Crippen LogP contribution in [0.2, 0.25) is 0 Å². The van der Waals surface area contributed by atoms with E-state index in [9.17, 15) is 14.4 Å². The molecule has 3 unspecified atom stereocenters. The lowest BCUT2D eigenvalue weighted by Gasteiger charge is -2.36. The summed E-state index contributed by atoms with van der Waals surface area (Å²) in [4.78, 5) is 43.7. The average Bonchev–Trinajstić information content (AvgIpc) is 2.99. The van der Waals surface area contributed by atoms with Gasteiger partial charge in [-0.3, -0.25) is 24.2 Å². The predicted molar refractivity (Wildman–Crippen MR) is 107 cm³/mol. The molecule has 6 nitrogen and oxygen atoms in total. The zero-order chi connectivity index (χ0) is 19.7. The number of carbonyl (C=O) groups excluding carboxylic acids is 3. The molecule has 0 spiro atoms. The van der Waals surface area contributed by atoms with Gasteiger partial charge in [0.25, 0.3) is 0 Å². The highest BCUT2D eigenvalue weighted by Gasteiger charge is 2.48. The van der Waals surface area contributed by atoms with Gasteiger partial charge in [-0.15, -0.1) is 0 Å². The van der Waals surface area contributed by atoms with Crippen molar-refractivity contribution in [3.63, 3.8) is 0 Å². The summed E-state index contributed by atoms with van der Waals surface area (Å²) >= 11 is 0. The van der Waals surface area contributed by atoms with Gasteiger partial charge < -0.3 is 4.90 Å². The number of allylic oxidation sites excluding steroid dienone is 2. The van der Waals surface area contributed by atoms with Gasteiger partial charge in [0.15, 0.2) is 5.78 Å². The summed E-state index contributed by atoms with van der Waals surface area (Å²) < 4.78 is 0. The Labute approximate surface area is 165 Å². The van der Waals surface area contributed by atoms with Crippen LogP contribution < -0.4 is 4.90 Å². The van der Waals surface area contributed by atoms with Crippen molar-refractivity contribution in [3.8, 4) is 0 Å². The zero-order valence-electron chi connectivity index (χ0n) is 16.0. The number of fused-ring (bicyclic) bond motifs is 1. The van der Waals surface area contributed by atoms with Gasteiger partial charge in [-0.1, -0.05) is 42.5 Å². The van der Waals surface area contributed by atoms with Crippen LogP contribution in [-0.4, -0.2) is 66.2 Å². The Morgan fingerprint density at radius 1 is 0.964 bits per heavy atom. The van der Waals surface area contributed by atoms with E-state index in [4.69, 9.17) is 0 Å². The quantitative estimate of drug-likeness (QED) is 0.726. The summed E-state index contributed by atoms with van der Waals surface area (Å²) in [5.74, 6) is -1.51. The molecule has 6 heteroatoms. The molecule has 0 bridgehead atoms. The number of anilines is 1. The van der Waals surface area contributed by atoms with Crippen molar-refractivity contribution in [1.29, 1.82) is 0 Å².